The van der Waals surface area contributed by atoms with Gasteiger partial charge in [-0.1, -0.05) is 19.4 Å². The van der Waals surface area contributed by atoms with E-state index in [1.807, 2.05) is 6.92 Å². The van der Waals surface area contributed by atoms with Crippen molar-refractivity contribution in [2.45, 2.75) is 25.4 Å². The van der Waals surface area contributed by atoms with Crippen LogP contribution in [0.1, 0.15) is 46.8 Å². The Labute approximate surface area is 211 Å². The van der Waals surface area contributed by atoms with Crippen molar-refractivity contribution in [1.82, 2.24) is 5.32 Å². The summed E-state index contributed by atoms with van der Waals surface area (Å²) >= 11 is 0. The van der Waals surface area contributed by atoms with Gasteiger partial charge in [-0.25, -0.2) is 9.59 Å². The smallest absolute Gasteiger partial charge is 0.407 e. The highest BCUT2D eigenvalue weighted by atomic mass is 16.6. The quantitative estimate of drug-likeness (QED) is 0.290. The highest BCUT2D eigenvalue weighted by molar-refractivity contribution is 6.00. The number of benzene rings is 3. The molecule has 3 aromatic rings. The molecule has 1 spiro atoms. The molecule has 5 rings (SSSR count). The fraction of sp³-hybridized carbons (Fsp3) is 0.222. The predicted molar refractivity (Wildman–Crippen MR) is 131 cm³/mol. The number of hydrogen-bond acceptors (Lipinski definition) is 8. The average Bonchev–Trinajstić information content (AvgIpc) is 3.14. The number of anilines is 1. The number of phenols is 2. The maximum absolute atomic E-state index is 13.1. The summed E-state index contributed by atoms with van der Waals surface area (Å²) in [6, 6.07) is 13.8. The fourth-order valence-corrected chi connectivity index (χ4v) is 4.50. The molecule has 0 bridgehead atoms. The summed E-state index contributed by atoms with van der Waals surface area (Å²) in [5, 5.41) is 25.1. The molecule has 0 aromatic heterocycles. The Morgan fingerprint density at radius 2 is 1.59 bits per heavy atom. The normalized spacial score (nSPS) is 14.0. The molecule has 37 heavy (non-hydrogen) atoms. The number of phenolic OH excluding ortho intramolecular Hbond substituents is 2. The van der Waals surface area contributed by atoms with Crippen molar-refractivity contribution >= 4 is 23.7 Å². The van der Waals surface area contributed by atoms with Gasteiger partial charge in [0.15, 0.2) is 5.60 Å². The van der Waals surface area contributed by atoms with Crippen LogP contribution in [0.25, 0.3) is 0 Å². The van der Waals surface area contributed by atoms with Gasteiger partial charge in [0.05, 0.1) is 12.2 Å². The van der Waals surface area contributed by atoms with Crippen LogP contribution in [0.5, 0.6) is 23.0 Å². The van der Waals surface area contributed by atoms with Crippen LogP contribution in [0.15, 0.2) is 54.6 Å². The number of amides is 2. The largest absolute Gasteiger partial charge is 0.508 e. The van der Waals surface area contributed by atoms with Gasteiger partial charge in [0.1, 0.15) is 29.5 Å². The van der Waals surface area contributed by atoms with Crippen molar-refractivity contribution in [3.8, 4) is 23.0 Å². The van der Waals surface area contributed by atoms with Gasteiger partial charge in [0, 0.05) is 34.5 Å². The van der Waals surface area contributed by atoms with E-state index in [1.54, 1.807) is 24.3 Å². The van der Waals surface area contributed by atoms with E-state index >= 15 is 0 Å². The summed E-state index contributed by atoms with van der Waals surface area (Å²) in [6.07, 6.45) is 0.928. The van der Waals surface area contributed by atoms with E-state index in [0.29, 0.717) is 22.4 Å². The SMILES string of the molecule is CCCCOC(=O)NCC(=O)Nc1ccc2c(c1)C(=O)OC21c2ccc(O)cc2Oc2cc(O)ccc21. The molecule has 2 aliphatic rings. The number of hydrogen-bond donors (Lipinski definition) is 4. The molecule has 0 atom stereocenters. The Hall–Kier alpha value is -4.73. The van der Waals surface area contributed by atoms with Gasteiger partial charge >= 0.3 is 12.1 Å². The van der Waals surface area contributed by atoms with E-state index in [1.165, 1.54) is 30.3 Å². The summed E-state index contributed by atoms with van der Waals surface area (Å²) in [5.41, 5.74) is 0.683. The first kappa shape index (κ1) is 24.0. The number of aromatic hydroxyl groups is 2. The number of rotatable bonds is 6. The van der Waals surface area contributed by atoms with Crippen molar-refractivity contribution in [1.29, 1.82) is 0 Å². The third-order valence-electron chi connectivity index (χ3n) is 6.18. The zero-order valence-electron chi connectivity index (χ0n) is 19.9. The molecular weight excluding hydrogens is 480 g/mol. The van der Waals surface area contributed by atoms with Crippen molar-refractivity contribution in [2.24, 2.45) is 0 Å². The molecule has 4 N–H and O–H groups in total. The molecule has 0 aliphatic carbocycles. The average molecular weight is 504 g/mol. The highest BCUT2D eigenvalue weighted by Gasteiger charge is 2.53. The third kappa shape index (κ3) is 4.26. The number of esters is 1. The molecule has 2 aliphatic heterocycles. The van der Waals surface area contributed by atoms with Gasteiger partial charge in [-0.3, -0.25) is 4.79 Å². The number of carbonyl (C=O) groups excluding carboxylic acids is 3. The van der Waals surface area contributed by atoms with Crippen molar-refractivity contribution in [3.63, 3.8) is 0 Å². The summed E-state index contributed by atoms with van der Waals surface area (Å²) in [6.45, 7) is 1.94. The fourth-order valence-electron chi connectivity index (χ4n) is 4.50. The Kier molecular flexibility index (Phi) is 6.08. The number of unbranched alkanes of at least 4 members (excludes halogenated alkanes) is 1. The van der Waals surface area contributed by atoms with Crippen molar-refractivity contribution in [3.05, 3.63) is 76.9 Å². The minimum Gasteiger partial charge on any atom is -0.508 e. The second-order valence-corrected chi connectivity index (χ2v) is 8.69. The Morgan fingerprint density at radius 3 is 2.24 bits per heavy atom. The lowest BCUT2D eigenvalue weighted by molar-refractivity contribution is -0.115. The van der Waals surface area contributed by atoms with E-state index in [9.17, 15) is 24.6 Å². The molecule has 10 heteroatoms. The molecule has 3 aromatic carbocycles. The van der Waals surface area contributed by atoms with Gasteiger partial charge in [0.25, 0.3) is 0 Å². The van der Waals surface area contributed by atoms with Gasteiger partial charge in [-0.15, -0.1) is 0 Å². The van der Waals surface area contributed by atoms with E-state index in [-0.39, 0.29) is 41.7 Å². The molecule has 10 nitrogen and oxygen atoms in total. The first-order valence-corrected chi connectivity index (χ1v) is 11.7. The van der Waals surface area contributed by atoms with Gasteiger partial charge < -0.3 is 35.1 Å². The summed E-state index contributed by atoms with van der Waals surface area (Å²) in [5.74, 6) is -0.656. The number of carbonyl (C=O) groups is 3. The predicted octanol–water partition coefficient (Wildman–Crippen LogP) is 4.13. The number of alkyl carbamates (subject to hydrolysis) is 1. The van der Waals surface area contributed by atoms with Gasteiger partial charge in [-0.05, 0) is 42.8 Å². The van der Waals surface area contributed by atoms with Crippen molar-refractivity contribution < 1.29 is 38.8 Å². The number of nitrogens with one attached hydrogen (secondary N) is 2. The molecule has 0 radical (unpaired) electrons. The van der Waals surface area contributed by atoms with Crippen LogP contribution in [0.2, 0.25) is 0 Å². The zero-order valence-corrected chi connectivity index (χ0v) is 19.9. The van der Waals surface area contributed by atoms with Gasteiger partial charge in [0.2, 0.25) is 5.91 Å². The second-order valence-electron chi connectivity index (χ2n) is 8.69. The van der Waals surface area contributed by atoms with Gasteiger partial charge in [-0.2, -0.15) is 0 Å². The lowest BCUT2D eigenvalue weighted by atomic mass is 9.77. The van der Waals surface area contributed by atoms with Crippen LogP contribution >= 0.6 is 0 Å². The van der Waals surface area contributed by atoms with E-state index in [0.717, 1.165) is 12.8 Å². The summed E-state index contributed by atoms with van der Waals surface area (Å²) < 4.78 is 16.9. The standard InChI is InChI=1S/C27H24N2O8/c1-2-3-10-35-26(34)28-14-24(32)29-15-4-7-19-18(11-15)25(33)37-27(19)20-8-5-16(30)12-22(20)36-23-13-17(31)6-9-21(23)27/h4-9,11-13,30-31H,2-3,10,14H2,1H3,(H,28,34)(H,29,32). The second kappa shape index (κ2) is 9.38. The van der Waals surface area contributed by atoms with Crippen LogP contribution in [0.4, 0.5) is 10.5 Å². The monoisotopic (exact) mass is 504 g/mol. The molecule has 0 unspecified atom stereocenters. The molecule has 0 saturated carbocycles. The summed E-state index contributed by atoms with van der Waals surface area (Å²) in [7, 11) is 0. The van der Waals surface area contributed by atoms with Crippen molar-refractivity contribution in [2.75, 3.05) is 18.5 Å². The van der Waals surface area contributed by atoms with E-state index in [4.69, 9.17) is 14.2 Å². The lowest BCUT2D eigenvalue weighted by Crippen LogP contribution is -2.33. The lowest BCUT2D eigenvalue weighted by Gasteiger charge is -2.36. The van der Waals surface area contributed by atoms with E-state index < -0.39 is 23.6 Å². The molecule has 0 fully saturated rings. The van der Waals surface area contributed by atoms with E-state index in [2.05, 4.69) is 10.6 Å². The Morgan fingerprint density at radius 1 is 0.946 bits per heavy atom. The maximum Gasteiger partial charge on any atom is 0.407 e. The minimum atomic E-state index is -1.39. The van der Waals surface area contributed by atoms with Crippen LogP contribution in [-0.4, -0.2) is 41.3 Å². The van der Waals surface area contributed by atoms with Crippen LogP contribution in [0.3, 0.4) is 0 Å². The Balaban J connectivity index is 1.44. The Bertz CT molecular complexity index is 1370. The molecule has 2 heterocycles. The summed E-state index contributed by atoms with van der Waals surface area (Å²) in [4.78, 5) is 37.1. The van der Waals surface area contributed by atoms with Crippen LogP contribution in [0, 0.1) is 0 Å². The minimum absolute atomic E-state index is 0.0389. The first-order chi connectivity index (χ1) is 17.8. The molecular formula is C27H24N2O8. The molecule has 0 saturated heterocycles. The number of ether oxygens (including phenoxy) is 3. The third-order valence-corrected chi connectivity index (χ3v) is 6.18. The van der Waals surface area contributed by atoms with Crippen LogP contribution in [-0.2, 0) is 19.9 Å². The topological polar surface area (TPSA) is 143 Å². The van der Waals surface area contributed by atoms with Crippen LogP contribution < -0.4 is 15.4 Å². The highest BCUT2D eigenvalue weighted by Crippen LogP contribution is 2.57. The maximum atomic E-state index is 13.1. The number of fused-ring (bicyclic) bond motifs is 6. The molecule has 190 valence electrons. The first-order valence-electron chi connectivity index (χ1n) is 11.7. The zero-order chi connectivity index (χ0) is 26.2. The molecule has 2 amide bonds.